The van der Waals surface area contributed by atoms with E-state index in [1.807, 2.05) is 66.7 Å². The lowest BCUT2D eigenvalue weighted by molar-refractivity contribution is -0.142. The molecule has 0 amide bonds. The molecule has 32 heavy (non-hydrogen) atoms. The maximum atomic E-state index is 13.0. The predicted octanol–water partition coefficient (Wildman–Crippen LogP) is 4.82. The first-order valence-electron chi connectivity index (χ1n) is 10.3. The fourth-order valence-electron chi connectivity index (χ4n) is 3.56. The lowest BCUT2D eigenvalue weighted by Gasteiger charge is -2.23. The molecule has 0 N–H and O–H groups in total. The Bertz CT molecular complexity index is 988. The SMILES string of the molecule is COCOc1cc(OCOC)c(-c2ccccc2)c(C(Cc2ccccc2)C(=O)OC)c1. The largest absolute Gasteiger partial charge is 0.469 e. The van der Waals surface area contributed by atoms with Gasteiger partial charge in [-0.05, 0) is 29.2 Å². The molecule has 1 atom stereocenters. The van der Waals surface area contributed by atoms with Crippen LogP contribution in [0.25, 0.3) is 11.1 Å². The van der Waals surface area contributed by atoms with Crippen molar-refractivity contribution in [3.05, 3.63) is 83.9 Å². The normalized spacial score (nSPS) is 11.6. The summed E-state index contributed by atoms with van der Waals surface area (Å²) in [6, 6.07) is 23.2. The van der Waals surface area contributed by atoms with E-state index in [0.717, 1.165) is 22.3 Å². The smallest absolute Gasteiger partial charge is 0.313 e. The Hall–Kier alpha value is -3.35. The average molecular weight is 437 g/mol. The summed E-state index contributed by atoms with van der Waals surface area (Å²) in [6.07, 6.45) is 0.463. The standard InChI is InChI=1S/C26H28O6/c1-28-17-31-21-15-22(23(26(27)30-3)14-19-10-6-4-7-11-19)25(20-12-8-5-9-13-20)24(16-21)32-18-29-2/h4-13,15-16,23H,14,17-18H2,1-3H3. The molecule has 0 spiro atoms. The molecule has 0 heterocycles. The van der Waals surface area contributed by atoms with Gasteiger partial charge in [-0.25, -0.2) is 0 Å². The second-order valence-corrected chi connectivity index (χ2v) is 7.12. The third-order valence-corrected chi connectivity index (χ3v) is 4.99. The first kappa shape index (κ1) is 23.3. The number of hydrogen-bond acceptors (Lipinski definition) is 6. The zero-order valence-electron chi connectivity index (χ0n) is 18.6. The number of ether oxygens (including phenoxy) is 5. The predicted molar refractivity (Wildman–Crippen MR) is 122 cm³/mol. The number of esters is 1. The van der Waals surface area contributed by atoms with Crippen LogP contribution in [0.4, 0.5) is 0 Å². The first-order valence-corrected chi connectivity index (χ1v) is 10.3. The molecule has 3 aromatic carbocycles. The summed E-state index contributed by atoms with van der Waals surface area (Å²) in [6.45, 7) is 0.115. The van der Waals surface area contributed by atoms with Crippen molar-refractivity contribution in [2.24, 2.45) is 0 Å². The molecule has 3 aromatic rings. The van der Waals surface area contributed by atoms with Gasteiger partial charge >= 0.3 is 5.97 Å². The number of rotatable bonds is 11. The molecular formula is C26H28O6. The average Bonchev–Trinajstić information content (AvgIpc) is 2.85. The van der Waals surface area contributed by atoms with E-state index in [9.17, 15) is 4.79 Å². The minimum absolute atomic E-state index is 0.0502. The number of hydrogen-bond donors (Lipinski definition) is 0. The summed E-state index contributed by atoms with van der Waals surface area (Å²) >= 11 is 0. The minimum Gasteiger partial charge on any atom is -0.469 e. The number of carbonyl (C=O) groups is 1. The zero-order valence-corrected chi connectivity index (χ0v) is 18.6. The fraction of sp³-hybridized carbons (Fsp3) is 0.269. The summed E-state index contributed by atoms with van der Waals surface area (Å²) in [5.74, 6) is 0.152. The molecule has 6 nitrogen and oxygen atoms in total. The van der Waals surface area contributed by atoms with Gasteiger partial charge < -0.3 is 23.7 Å². The molecule has 1 unspecified atom stereocenters. The van der Waals surface area contributed by atoms with E-state index in [4.69, 9.17) is 23.7 Å². The van der Waals surface area contributed by atoms with Crippen molar-refractivity contribution in [1.29, 1.82) is 0 Å². The molecule has 168 valence electrons. The van der Waals surface area contributed by atoms with Crippen molar-refractivity contribution < 1.29 is 28.5 Å². The number of methoxy groups -OCH3 is 3. The van der Waals surface area contributed by atoms with Crippen LogP contribution in [0.3, 0.4) is 0 Å². The Balaban J connectivity index is 2.20. The molecule has 0 saturated heterocycles. The maximum absolute atomic E-state index is 13.0. The summed E-state index contributed by atoms with van der Waals surface area (Å²) in [5.41, 5.74) is 3.46. The van der Waals surface area contributed by atoms with Crippen molar-refractivity contribution >= 4 is 5.97 Å². The Morgan fingerprint density at radius 3 is 2.06 bits per heavy atom. The molecule has 0 saturated carbocycles. The topological polar surface area (TPSA) is 63.2 Å². The van der Waals surface area contributed by atoms with Gasteiger partial charge in [-0.3, -0.25) is 4.79 Å². The van der Waals surface area contributed by atoms with Crippen LogP contribution in [0.5, 0.6) is 11.5 Å². The zero-order chi connectivity index (χ0) is 22.8. The lowest BCUT2D eigenvalue weighted by atomic mass is 9.85. The van der Waals surface area contributed by atoms with Crippen LogP contribution >= 0.6 is 0 Å². The highest BCUT2D eigenvalue weighted by Gasteiger charge is 2.28. The van der Waals surface area contributed by atoms with Crippen LogP contribution in [0.1, 0.15) is 17.0 Å². The van der Waals surface area contributed by atoms with E-state index in [-0.39, 0.29) is 19.6 Å². The Kier molecular flexibility index (Phi) is 8.66. The van der Waals surface area contributed by atoms with Gasteiger partial charge in [0.2, 0.25) is 0 Å². The highest BCUT2D eigenvalue weighted by Crippen LogP contribution is 2.42. The van der Waals surface area contributed by atoms with Crippen molar-refractivity contribution in [2.45, 2.75) is 12.3 Å². The van der Waals surface area contributed by atoms with Gasteiger partial charge in [0.1, 0.15) is 11.5 Å². The highest BCUT2D eigenvalue weighted by molar-refractivity contribution is 5.85. The molecular weight excluding hydrogens is 408 g/mol. The van der Waals surface area contributed by atoms with Crippen molar-refractivity contribution in [1.82, 2.24) is 0 Å². The van der Waals surface area contributed by atoms with Crippen molar-refractivity contribution in [3.63, 3.8) is 0 Å². The second kappa shape index (κ2) is 11.9. The third-order valence-electron chi connectivity index (χ3n) is 4.99. The monoisotopic (exact) mass is 436 g/mol. The second-order valence-electron chi connectivity index (χ2n) is 7.12. The quantitative estimate of drug-likeness (QED) is 0.317. The van der Waals surface area contributed by atoms with E-state index in [1.165, 1.54) is 7.11 Å². The molecule has 0 aliphatic carbocycles. The third kappa shape index (κ3) is 5.87. The van der Waals surface area contributed by atoms with Gasteiger partial charge in [0.15, 0.2) is 13.6 Å². The maximum Gasteiger partial charge on any atom is 0.313 e. The van der Waals surface area contributed by atoms with Crippen LogP contribution in [-0.2, 0) is 25.4 Å². The summed E-state index contributed by atoms with van der Waals surface area (Å²) in [7, 11) is 4.51. The number of carbonyl (C=O) groups excluding carboxylic acids is 1. The molecule has 3 rings (SSSR count). The first-order chi connectivity index (χ1) is 15.7. The Labute approximate surface area is 188 Å². The van der Waals surface area contributed by atoms with Crippen LogP contribution in [0, 0.1) is 0 Å². The van der Waals surface area contributed by atoms with Crippen LogP contribution in [0.2, 0.25) is 0 Å². The summed E-state index contributed by atoms with van der Waals surface area (Å²) in [4.78, 5) is 13.0. The molecule has 6 heteroatoms. The van der Waals surface area contributed by atoms with E-state index in [2.05, 4.69) is 0 Å². The molecule has 0 aliphatic heterocycles. The summed E-state index contributed by atoms with van der Waals surface area (Å²) in [5, 5.41) is 0. The van der Waals surface area contributed by atoms with E-state index in [1.54, 1.807) is 20.3 Å². The minimum atomic E-state index is -0.575. The van der Waals surface area contributed by atoms with Gasteiger partial charge in [-0.2, -0.15) is 0 Å². The van der Waals surface area contributed by atoms with Crippen LogP contribution in [-0.4, -0.2) is 40.9 Å². The van der Waals surface area contributed by atoms with Crippen LogP contribution in [0.15, 0.2) is 72.8 Å². The van der Waals surface area contributed by atoms with E-state index >= 15 is 0 Å². The molecule has 0 fully saturated rings. The lowest BCUT2D eigenvalue weighted by Crippen LogP contribution is -2.18. The van der Waals surface area contributed by atoms with E-state index < -0.39 is 5.92 Å². The molecule has 0 aliphatic rings. The van der Waals surface area contributed by atoms with Gasteiger partial charge in [0, 0.05) is 25.8 Å². The van der Waals surface area contributed by atoms with Gasteiger partial charge in [-0.1, -0.05) is 60.7 Å². The van der Waals surface area contributed by atoms with Crippen molar-refractivity contribution in [2.75, 3.05) is 34.9 Å². The molecule has 0 bridgehead atoms. The van der Waals surface area contributed by atoms with Crippen molar-refractivity contribution in [3.8, 4) is 22.6 Å². The van der Waals surface area contributed by atoms with Gasteiger partial charge in [-0.15, -0.1) is 0 Å². The number of benzene rings is 3. The van der Waals surface area contributed by atoms with Gasteiger partial charge in [0.25, 0.3) is 0 Å². The Morgan fingerprint density at radius 1 is 0.812 bits per heavy atom. The summed E-state index contributed by atoms with van der Waals surface area (Å²) < 4.78 is 27.1. The van der Waals surface area contributed by atoms with Crippen LogP contribution < -0.4 is 9.47 Å². The van der Waals surface area contributed by atoms with Gasteiger partial charge in [0.05, 0.1) is 13.0 Å². The fourth-order valence-corrected chi connectivity index (χ4v) is 3.56. The molecule has 0 aromatic heterocycles. The Morgan fingerprint density at radius 2 is 1.44 bits per heavy atom. The molecule has 0 radical (unpaired) electrons. The highest BCUT2D eigenvalue weighted by atomic mass is 16.7. The van der Waals surface area contributed by atoms with E-state index in [0.29, 0.717) is 17.9 Å².